The highest BCUT2D eigenvalue weighted by Crippen LogP contribution is 2.30. The number of ether oxygens (including phenoxy) is 1. The first kappa shape index (κ1) is 12.3. The van der Waals surface area contributed by atoms with Gasteiger partial charge in [0.05, 0.1) is 4.88 Å². The third-order valence-electron chi connectivity index (χ3n) is 3.36. The lowest BCUT2D eigenvalue weighted by Gasteiger charge is -2.23. The number of cyclic esters (lactones) is 2. The Morgan fingerprint density at radius 3 is 2.53 bits per heavy atom. The van der Waals surface area contributed by atoms with Gasteiger partial charge in [-0.05, 0) is 37.3 Å². The Labute approximate surface area is 114 Å². The van der Waals surface area contributed by atoms with E-state index in [9.17, 15) is 14.4 Å². The van der Waals surface area contributed by atoms with Crippen LogP contribution in [0, 0.1) is 0 Å². The Bertz CT molecular complexity index is 523. The standard InChI is InChI=1S/C13H13NO4S/c15-11-6-14(7-12(16)18-11)13(17)10-5-8-3-1-2-4-9(8)19-10/h5H,1-4,6-7H2. The van der Waals surface area contributed by atoms with Crippen LogP contribution in [0.5, 0.6) is 0 Å². The fourth-order valence-electron chi connectivity index (χ4n) is 2.45. The lowest BCUT2D eigenvalue weighted by molar-refractivity contribution is -0.165. The molecule has 2 heterocycles. The van der Waals surface area contributed by atoms with E-state index in [-0.39, 0.29) is 19.0 Å². The van der Waals surface area contributed by atoms with Crippen LogP contribution in [0.4, 0.5) is 0 Å². The SMILES string of the molecule is O=C1CN(C(=O)c2cc3c(s2)CCCC3)CC(=O)O1. The number of rotatable bonds is 1. The van der Waals surface area contributed by atoms with E-state index in [1.54, 1.807) is 0 Å². The minimum absolute atomic E-state index is 0.146. The van der Waals surface area contributed by atoms with Gasteiger partial charge in [0.1, 0.15) is 13.1 Å². The summed E-state index contributed by atoms with van der Waals surface area (Å²) < 4.78 is 4.42. The van der Waals surface area contributed by atoms with E-state index in [4.69, 9.17) is 0 Å². The van der Waals surface area contributed by atoms with Gasteiger partial charge in [0.2, 0.25) is 0 Å². The van der Waals surface area contributed by atoms with E-state index in [1.807, 2.05) is 6.07 Å². The zero-order chi connectivity index (χ0) is 13.4. The number of thiophene rings is 1. The Morgan fingerprint density at radius 2 is 1.84 bits per heavy atom. The van der Waals surface area contributed by atoms with Crippen LogP contribution in [-0.2, 0) is 27.2 Å². The van der Waals surface area contributed by atoms with Crippen LogP contribution in [0.25, 0.3) is 0 Å². The molecular weight excluding hydrogens is 266 g/mol. The monoisotopic (exact) mass is 279 g/mol. The quantitative estimate of drug-likeness (QED) is 0.571. The van der Waals surface area contributed by atoms with Gasteiger partial charge >= 0.3 is 11.9 Å². The Hall–Kier alpha value is -1.69. The molecule has 5 nitrogen and oxygen atoms in total. The van der Waals surface area contributed by atoms with Crippen LogP contribution >= 0.6 is 11.3 Å². The molecule has 1 saturated heterocycles. The number of carbonyl (C=O) groups is 3. The topological polar surface area (TPSA) is 63.7 Å². The van der Waals surface area contributed by atoms with Gasteiger partial charge in [-0.25, -0.2) is 9.59 Å². The number of carbonyl (C=O) groups excluding carboxylic acids is 3. The average Bonchev–Trinajstić information content (AvgIpc) is 2.80. The van der Waals surface area contributed by atoms with Crippen LogP contribution in [0.3, 0.4) is 0 Å². The summed E-state index contributed by atoms with van der Waals surface area (Å²) in [4.78, 5) is 37.8. The van der Waals surface area contributed by atoms with Gasteiger partial charge in [0.15, 0.2) is 0 Å². The smallest absolute Gasteiger partial charge is 0.333 e. The summed E-state index contributed by atoms with van der Waals surface area (Å²) in [5.74, 6) is -1.57. The van der Waals surface area contributed by atoms with Crippen molar-refractivity contribution >= 4 is 29.2 Å². The third-order valence-corrected chi connectivity index (χ3v) is 4.59. The van der Waals surface area contributed by atoms with Gasteiger partial charge in [-0.15, -0.1) is 11.3 Å². The zero-order valence-corrected chi connectivity index (χ0v) is 11.1. The van der Waals surface area contributed by atoms with Crippen molar-refractivity contribution in [1.29, 1.82) is 0 Å². The maximum absolute atomic E-state index is 12.3. The number of hydrogen-bond donors (Lipinski definition) is 0. The number of hydrogen-bond acceptors (Lipinski definition) is 5. The number of nitrogens with zero attached hydrogens (tertiary/aromatic N) is 1. The largest absolute Gasteiger partial charge is 0.390 e. The maximum atomic E-state index is 12.3. The predicted octanol–water partition coefficient (Wildman–Crippen LogP) is 1.15. The molecule has 1 aliphatic carbocycles. The number of aryl methyl sites for hydroxylation is 2. The molecule has 0 N–H and O–H groups in total. The fraction of sp³-hybridized carbons (Fsp3) is 0.462. The molecule has 1 aliphatic heterocycles. The molecule has 0 bridgehead atoms. The molecule has 0 radical (unpaired) electrons. The van der Waals surface area contributed by atoms with Crippen molar-refractivity contribution in [3.63, 3.8) is 0 Å². The molecule has 0 unspecified atom stereocenters. The van der Waals surface area contributed by atoms with Crippen molar-refractivity contribution in [2.75, 3.05) is 13.1 Å². The second-order valence-corrected chi connectivity index (χ2v) is 5.91. The maximum Gasteiger partial charge on any atom is 0.333 e. The van der Waals surface area contributed by atoms with Gasteiger partial charge in [0, 0.05) is 4.88 Å². The predicted molar refractivity (Wildman–Crippen MR) is 68.0 cm³/mol. The number of amides is 1. The van der Waals surface area contributed by atoms with Crippen molar-refractivity contribution in [2.45, 2.75) is 25.7 Å². The van der Waals surface area contributed by atoms with Crippen molar-refractivity contribution in [1.82, 2.24) is 4.90 Å². The summed E-state index contributed by atoms with van der Waals surface area (Å²) >= 11 is 1.48. The highest BCUT2D eigenvalue weighted by atomic mass is 32.1. The van der Waals surface area contributed by atoms with E-state index in [2.05, 4.69) is 4.74 Å². The Kier molecular flexibility index (Phi) is 3.10. The van der Waals surface area contributed by atoms with Crippen LogP contribution in [0.2, 0.25) is 0 Å². The van der Waals surface area contributed by atoms with Gasteiger partial charge in [-0.3, -0.25) is 4.79 Å². The molecule has 0 saturated carbocycles. The third kappa shape index (κ3) is 2.40. The number of esters is 2. The van der Waals surface area contributed by atoms with E-state index in [0.29, 0.717) is 4.88 Å². The van der Waals surface area contributed by atoms with E-state index < -0.39 is 11.9 Å². The van der Waals surface area contributed by atoms with Crippen LogP contribution in [0.15, 0.2) is 6.07 Å². The summed E-state index contributed by atoms with van der Waals surface area (Å²) in [6, 6.07) is 1.91. The summed E-state index contributed by atoms with van der Waals surface area (Å²) in [6.45, 7) is -0.291. The van der Waals surface area contributed by atoms with Crippen LogP contribution in [0.1, 0.15) is 33.0 Å². The average molecular weight is 279 g/mol. The number of fused-ring (bicyclic) bond motifs is 1. The van der Waals surface area contributed by atoms with Crippen molar-refractivity contribution in [2.24, 2.45) is 0 Å². The molecule has 6 heteroatoms. The molecule has 1 fully saturated rings. The van der Waals surface area contributed by atoms with Crippen molar-refractivity contribution in [3.8, 4) is 0 Å². The molecule has 1 amide bonds. The van der Waals surface area contributed by atoms with Crippen molar-refractivity contribution in [3.05, 3.63) is 21.4 Å². The first-order chi connectivity index (χ1) is 9.13. The molecular formula is C13H13NO4S. The van der Waals surface area contributed by atoms with E-state index in [0.717, 1.165) is 25.7 Å². The first-order valence-electron chi connectivity index (χ1n) is 6.28. The fourth-order valence-corrected chi connectivity index (χ4v) is 3.68. The normalized spacial score (nSPS) is 19.1. The lowest BCUT2D eigenvalue weighted by atomic mass is 9.99. The van der Waals surface area contributed by atoms with Crippen molar-refractivity contribution < 1.29 is 19.1 Å². The van der Waals surface area contributed by atoms with Gasteiger partial charge in [0.25, 0.3) is 5.91 Å². The Balaban J connectivity index is 1.81. The summed E-state index contributed by atoms with van der Waals surface area (Å²) in [5, 5.41) is 0. The summed E-state index contributed by atoms with van der Waals surface area (Å²) in [6.07, 6.45) is 4.36. The highest BCUT2D eigenvalue weighted by molar-refractivity contribution is 7.14. The second-order valence-electron chi connectivity index (χ2n) is 4.77. The molecule has 19 heavy (non-hydrogen) atoms. The highest BCUT2D eigenvalue weighted by Gasteiger charge is 2.30. The number of morpholine rings is 1. The molecule has 100 valence electrons. The van der Waals surface area contributed by atoms with E-state index >= 15 is 0 Å². The first-order valence-corrected chi connectivity index (χ1v) is 7.09. The second kappa shape index (κ2) is 4.77. The van der Waals surface area contributed by atoms with Gasteiger partial charge < -0.3 is 9.64 Å². The lowest BCUT2D eigenvalue weighted by Crippen LogP contribution is -2.45. The van der Waals surface area contributed by atoms with Gasteiger partial charge in [-0.2, -0.15) is 0 Å². The molecule has 1 aromatic heterocycles. The molecule has 0 aromatic carbocycles. The summed E-state index contributed by atoms with van der Waals surface area (Å²) in [5.41, 5.74) is 1.24. The van der Waals surface area contributed by atoms with Crippen LogP contribution < -0.4 is 0 Å². The molecule has 0 spiro atoms. The van der Waals surface area contributed by atoms with E-state index in [1.165, 1.54) is 26.7 Å². The minimum Gasteiger partial charge on any atom is -0.390 e. The Morgan fingerprint density at radius 1 is 1.16 bits per heavy atom. The minimum atomic E-state index is -0.661. The molecule has 3 rings (SSSR count). The zero-order valence-electron chi connectivity index (χ0n) is 10.3. The molecule has 0 atom stereocenters. The molecule has 2 aliphatic rings. The molecule has 1 aromatic rings. The van der Waals surface area contributed by atoms with Crippen LogP contribution in [-0.4, -0.2) is 35.8 Å². The summed E-state index contributed by atoms with van der Waals surface area (Å²) in [7, 11) is 0. The van der Waals surface area contributed by atoms with Gasteiger partial charge in [-0.1, -0.05) is 0 Å².